The van der Waals surface area contributed by atoms with E-state index >= 15 is 0 Å². The number of nitrogens with zero attached hydrogens (tertiary/aromatic N) is 2. The van der Waals surface area contributed by atoms with Gasteiger partial charge in [-0.15, -0.1) is 24.8 Å². The number of rotatable bonds is 4. The van der Waals surface area contributed by atoms with Crippen LogP contribution >= 0.6 is 24.8 Å². The number of fused-ring (bicyclic) bond motifs is 1. The molecule has 2 aromatic rings. The molecule has 1 aromatic carbocycles. The zero-order chi connectivity index (χ0) is 12.3. The van der Waals surface area contributed by atoms with E-state index < -0.39 is 0 Å². The summed E-state index contributed by atoms with van der Waals surface area (Å²) < 4.78 is 0. The largest absolute Gasteiger partial charge is 0.329 e. The van der Waals surface area contributed by atoms with E-state index in [1.54, 1.807) is 0 Å². The van der Waals surface area contributed by atoms with Crippen LogP contribution in [-0.4, -0.2) is 22.6 Å². The first kappa shape index (κ1) is 18.1. The third-order valence-electron chi connectivity index (χ3n) is 3.03. The molecule has 0 saturated carbocycles. The van der Waals surface area contributed by atoms with Crippen LogP contribution < -0.4 is 11.5 Å². The molecule has 2 rings (SSSR count). The van der Waals surface area contributed by atoms with E-state index in [-0.39, 0.29) is 30.9 Å². The van der Waals surface area contributed by atoms with E-state index in [1.165, 1.54) is 0 Å². The molecule has 0 aliphatic rings. The molecular weight excluding hydrogens is 283 g/mol. The Bertz CT molecular complexity index is 507. The molecule has 2 unspecified atom stereocenters. The van der Waals surface area contributed by atoms with Crippen molar-refractivity contribution in [3.63, 3.8) is 0 Å². The van der Waals surface area contributed by atoms with Gasteiger partial charge in [-0.25, -0.2) is 4.98 Å². The van der Waals surface area contributed by atoms with Gasteiger partial charge in [0.25, 0.3) is 0 Å². The highest BCUT2D eigenvalue weighted by molar-refractivity contribution is 5.85. The van der Waals surface area contributed by atoms with Crippen molar-refractivity contribution in [1.82, 2.24) is 9.97 Å². The van der Waals surface area contributed by atoms with Crippen LogP contribution in [0.5, 0.6) is 0 Å². The third-order valence-corrected chi connectivity index (χ3v) is 3.03. The molecule has 19 heavy (non-hydrogen) atoms. The molecule has 4 nitrogen and oxygen atoms in total. The number of aromatic nitrogens is 2. The first-order chi connectivity index (χ1) is 8.20. The first-order valence-electron chi connectivity index (χ1n) is 5.87. The number of halogens is 2. The maximum absolute atomic E-state index is 5.90. The molecule has 0 aliphatic heterocycles. The topological polar surface area (TPSA) is 77.8 Å². The van der Waals surface area contributed by atoms with Crippen LogP contribution in [0, 0.1) is 5.92 Å². The summed E-state index contributed by atoms with van der Waals surface area (Å²) in [7, 11) is 0. The summed E-state index contributed by atoms with van der Waals surface area (Å²) in [5.74, 6) is 0.315. The third kappa shape index (κ3) is 4.58. The predicted octanol–water partition coefficient (Wildman–Crippen LogP) is 1.94. The fraction of sp³-hybridized carbons (Fsp3) is 0.385. The molecule has 0 spiro atoms. The average Bonchev–Trinajstić information content (AvgIpc) is 2.37. The quantitative estimate of drug-likeness (QED) is 0.905. The molecule has 0 saturated heterocycles. The summed E-state index contributed by atoms with van der Waals surface area (Å²) >= 11 is 0. The highest BCUT2D eigenvalue weighted by atomic mass is 35.5. The number of hydrogen-bond acceptors (Lipinski definition) is 4. The van der Waals surface area contributed by atoms with Crippen LogP contribution in [-0.2, 0) is 6.42 Å². The summed E-state index contributed by atoms with van der Waals surface area (Å²) in [6.45, 7) is 2.59. The van der Waals surface area contributed by atoms with E-state index in [0.29, 0.717) is 12.5 Å². The van der Waals surface area contributed by atoms with Crippen molar-refractivity contribution < 1.29 is 0 Å². The van der Waals surface area contributed by atoms with Gasteiger partial charge >= 0.3 is 0 Å². The number of nitrogens with two attached hydrogens (primary N) is 2. The molecule has 1 heterocycles. The van der Waals surface area contributed by atoms with Crippen molar-refractivity contribution in [3.05, 3.63) is 36.2 Å². The van der Waals surface area contributed by atoms with Crippen LogP contribution in [0.1, 0.15) is 12.6 Å². The van der Waals surface area contributed by atoms with Gasteiger partial charge in [0.15, 0.2) is 0 Å². The SMILES string of the molecule is CC(Cc1cnc2ccccc2n1)C(N)CN.Cl.Cl. The highest BCUT2D eigenvalue weighted by Crippen LogP contribution is 2.12. The van der Waals surface area contributed by atoms with Crippen molar-refractivity contribution in [3.8, 4) is 0 Å². The Kier molecular flexibility index (Phi) is 7.87. The molecule has 0 radical (unpaired) electrons. The van der Waals surface area contributed by atoms with E-state index in [1.807, 2.05) is 30.5 Å². The Morgan fingerprint density at radius 2 is 1.79 bits per heavy atom. The summed E-state index contributed by atoms with van der Waals surface area (Å²) in [6.07, 6.45) is 2.64. The van der Waals surface area contributed by atoms with Crippen molar-refractivity contribution in [2.24, 2.45) is 17.4 Å². The van der Waals surface area contributed by atoms with E-state index in [9.17, 15) is 0 Å². The first-order valence-corrected chi connectivity index (χ1v) is 5.87. The molecule has 106 valence electrons. The van der Waals surface area contributed by atoms with Crippen LogP contribution in [0.2, 0.25) is 0 Å². The van der Waals surface area contributed by atoms with Gasteiger partial charge < -0.3 is 11.5 Å². The van der Waals surface area contributed by atoms with Gasteiger partial charge in [0.2, 0.25) is 0 Å². The van der Waals surface area contributed by atoms with Gasteiger partial charge in [-0.3, -0.25) is 4.98 Å². The second-order valence-electron chi connectivity index (χ2n) is 4.43. The fourth-order valence-electron chi connectivity index (χ4n) is 1.81. The molecule has 0 bridgehead atoms. The van der Waals surface area contributed by atoms with Gasteiger partial charge in [0.05, 0.1) is 16.7 Å². The van der Waals surface area contributed by atoms with Crippen molar-refractivity contribution in [1.29, 1.82) is 0 Å². The Balaban J connectivity index is 0.00000162. The summed E-state index contributed by atoms with van der Waals surface area (Å²) in [5, 5.41) is 0. The summed E-state index contributed by atoms with van der Waals surface area (Å²) in [6, 6.07) is 7.88. The molecule has 1 aromatic heterocycles. The molecule has 2 atom stereocenters. The van der Waals surface area contributed by atoms with Gasteiger partial charge in [-0.2, -0.15) is 0 Å². The Morgan fingerprint density at radius 3 is 2.42 bits per heavy atom. The van der Waals surface area contributed by atoms with Crippen molar-refractivity contribution >= 4 is 35.8 Å². The second kappa shape index (κ2) is 8.27. The highest BCUT2D eigenvalue weighted by Gasteiger charge is 2.12. The molecule has 4 N–H and O–H groups in total. The monoisotopic (exact) mass is 302 g/mol. The minimum Gasteiger partial charge on any atom is -0.329 e. The smallest absolute Gasteiger partial charge is 0.0890 e. The minimum absolute atomic E-state index is 0. The molecule has 0 fully saturated rings. The fourth-order valence-corrected chi connectivity index (χ4v) is 1.81. The minimum atomic E-state index is 0. The average molecular weight is 303 g/mol. The van der Waals surface area contributed by atoms with E-state index in [2.05, 4.69) is 16.9 Å². The van der Waals surface area contributed by atoms with Crippen LogP contribution in [0.25, 0.3) is 11.0 Å². The van der Waals surface area contributed by atoms with E-state index in [0.717, 1.165) is 23.1 Å². The van der Waals surface area contributed by atoms with Gasteiger partial charge in [0, 0.05) is 18.8 Å². The lowest BCUT2D eigenvalue weighted by atomic mass is 9.97. The summed E-state index contributed by atoms with van der Waals surface area (Å²) in [4.78, 5) is 8.96. The maximum atomic E-state index is 5.90. The molecule has 6 heteroatoms. The van der Waals surface area contributed by atoms with Crippen LogP contribution in [0.3, 0.4) is 0 Å². The standard InChI is InChI=1S/C13H18N4.2ClH/c1-9(11(15)7-14)6-10-8-16-12-4-2-3-5-13(12)17-10;;/h2-5,8-9,11H,6-7,14-15H2,1H3;2*1H. The maximum Gasteiger partial charge on any atom is 0.0890 e. The Hall–Kier alpha value is -0.940. The zero-order valence-electron chi connectivity index (χ0n) is 10.8. The predicted molar refractivity (Wildman–Crippen MR) is 83.9 cm³/mol. The summed E-state index contributed by atoms with van der Waals surface area (Å²) in [5.41, 5.74) is 14.3. The lowest BCUT2D eigenvalue weighted by Crippen LogP contribution is -2.37. The molecule has 0 aliphatic carbocycles. The van der Waals surface area contributed by atoms with Crippen LogP contribution in [0.4, 0.5) is 0 Å². The van der Waals surface area contributed by atoms with Gasteiger partial charge in [-0.1, -0.05) is 19.1 Å². The number of hydrogen-bond donors (Lipinski definition) is 2. The Morgan fingerprint density at radius 1 is 1.16 bits per heavy atom. The molecule has 0 amide bonds. The van der Waals surface area contributed by atoms with Crippen molar-refractivity contribution in [2.75, 3.05) is 6.54 Å². The second-order valence-corrected chi connectivity index (χ2v) is 4.43. The van der Waals surface area contributed by atoms with Crippen LogP contribution in [0.15, 0.2) is 30.5 Å². The lowest BCUT2D eigenvalue weighted by Gasteiger charge is -2.17. The van der Waals surface area contributed by atoms with E-state index in [4.69, 9.17) is 11.5 Å². The lowest BCUT2D eigenvalue weighted by molar-refractivity contribution is 0.455. The normalized spacial score (nSPS) is 13.2. The zero-order valence-corrected chi connectivity index (χ0v) is 12.5. The Labute approximate surface area is 125 Å². The number of benzene rings is 1. The number of para-hydroxylation sites is 2. The molecular formula is C13H20Cl2N4. The van der Waals surface area contributed by atoms with Gasteiger partial charge in [-0.05, 0) is 24.5 Å². The van der Waals surface area contributed by atoms with Gasteiger partial charge in [0.1, 0.15) is 0 Å². The van der Waals surface area contributed by atoms with Crippen molar-refractivity contribution in [2.45, 2.75) is 19.4 Å².